The third kappa shape index (κ3) is 5.95. The van der Waals surface area contributed by atoms with Gasteiger partial charge in [-0.3, -0.25) is 14.5 Å². The lowest BCUT2D eigenvalue weighted by Crippen LogP contribution is -2.38. The molecule has 0 saturated heterocycles. The molecule has 1 amide bonds. The molecule has 1 atom stereocenters. The van der Waals surface area contributed by atoms with Crippen LogP contribution in [0.15, 0.2) is 63.4 Å². The number of nitrogens with one attached hydrogen (secondary N) is 1. The molecule has 228 valence electrons. The van der Waals surface area contributed by atoms with E-state index in [4.69, 9.17) is 19.9 Å². The number of allylic oxidation sites excluding steroid dienone is 3. The minimum atomic E-state index is -0.536. The van der Waals surface area contributed by atoms with Crippen molar-refractivity contribution < 1.29 is 23.8 Å². The van der Waals surface area contributed by atoms with Gasteiger partial charge in [0.1, 0.15) is 5.82 Å². The molecule has 2 aromatic carbocycles. The summed E-state index contributed by atoms with van der Waals surface area (Å²) in [5, 5.41) is 22.1. The van der Waals surface area contributed by atoms with Crippen molar-refractivity contribution >= 4 is 45.6 Å². The summed E-state index contributed by atoms with van der Waals surface area (Å²) >= 11 is 2.45. The average Bonchev–Trinajstić information content (AvgIpc) is 3.51. The smallest absolute Gasteiger partial charge is 0.234 e. The highest BCUT2D eigenvalue weighted by atomic mass is 32.2. The molecule has 0 saturated carbocycles. The molecule has 1 unspecified atom stereocenters. The van der Waals surface area contributed by atoms with E-state index in [1.807, 2.05) is 24.3 Å². The Hall–Kier alpha value is -4.54. The molecule has 11 nitrogen and oxygen atoms in total. The lowest BCUT2D eigenvalue weighted by molar-refractivity contribution is -0.116. The predicted octanol–water partition coefficient (Wildman–Crippen LogP) is 5.16. The number of methoxy groups -OCH3 is 3. The largest absolute Gasteiger partial charge is 0.493 e. The average molecular weight is 633 g/mol. The molecule has 1 aromatic heterocycles. The Labute approximate surface area is 263 Å². The normalized spacial score (nSPS) is 16.4. The molecular formula is C31H32N6O5S2. The number of thioether (sulfide) groups is 1. The minimum Gasteiger partial charge on any atom is -0.493 e. The summed E-state index contributed by atoms with van der Waals surface area (Å²) in [4.78, 5) is 27.9. The third-order valence-corrected chi connectivity index (χ3v) is 9.54. The topological polar surface area (TPSA) is 153 Å². The van der Waals surface area contributed by atoms with Gasteiger partial charge < -0.3 is 25.3 Å². The number of anilines is 2. The lowest BCUT2D eigenvalue weighted by Gasteiger charge is -2.38. The maximum Gasteiger partial charge on any atom is 0.234 e. The monoisotopic (exact) mass is 632 g/mol. The third-order valence-electron chi connectivity index (χ3n) is 7.50. The van der Waals surface area contributed by atoms with Crippen molar-refractivity contribution in [2.75, 3.05) is 37.3 Å². The zero-order chi connectivity index (χ0) is 31.4. The number of Topliss-reactive ketones (excluding diaryl/α,β-unsaturated/α-hetero) is 1. The van der Waals surface area contributed by atoms with Crippen LogP contribution >= 0.6 is 23.1 Å². The first kappa shape index (κ1) is 30.9. The van der Waals surface area contributed by atoms with E-state index in [1.54, 1.807) is 17.0 Å². The highest BCUT2D eigenvalue weighted by Gasteiger charge is 2.41. The highest BCUT2D eigenvalue weighted by Crippen LogP contribution is 2.47. The molecule has 0 fully saturated rings. The first-order valence-electron chi connectivity index (χ1n) is 13.9. The molecule has 13 heteroatoms. The number of nitrogens with two attached hydrogens (primary N) is 1. The van der Waals surface area contributed by atoms with Gasteiger partial charge in [0, 0.05) is 35.5 Å². The predicted molar refractivity (Wildman–Crippen MR) is 169 cm³/mol. The van der Waals surface area contributed by atoms with Gasteiger partial charge in [0.2, 0.25) is 16.8 Å². The summed E-state index contributed by atoms with van der Waals surface area (Å²) in [5.41, 5.74) is 10.8. The van der Waals surface area contributed by atoms with Crippen LogP contribution in [0.2, 0.25) is 0 Å². The Morgan fingerprint density at radius 1 is 1.14 bits per heavy atom. The zero-order valence-corrected chi connectivity index (χ0v) is 26.4. The summed E-state index contributed by atoms with van der Waals surface area (Å²) in [6.07, 6.45) is 2.58. The van der Waals surface area contributed by atoms with E-state index in [9.17, 15) is 14.9 Å². The van der Waals surface area contributed by atoms with Gasteiger partial charge in [-0.2, -0.15) is 5.26 Å². The van der Waals surface area contributed by atoms with Crippen LogP contribution in [0.25, 0.3) is 0 Å². The second-order valence-corrected chi connectivity index (χ2v) is 12.2. The molecule has 1 aliphatic heterocycles. The van der Waals surface area contributed by atoms with Crippen molar-refractivity contribution in [3.05, 3.63) is 70.2 Å². The molecule has 0 spiro atoms. The number of nitrogens with zero attached hydrogens (tertiary/aromatic N) is 4. The molecule has 0 radical (unpaired) electrons. The molecule has 3 N–H and O–H groups in total. The van der Waals surface area contributed by atoms with E-state index >= 15 is 0 Å². The molecule has 5 rings (SSSR count). The summed E-state index contributed by atoms with van der Waals surface area (Å²) < 4.78 is 16.6. The Bertz CT molecular complexity index is 1670. The standard InChI is InChI=1S/C31H32N6O5S2/c1-5-17-9-11-18(12-10-17)26-20(15-32)29(33)37(21-7-6-8-22(38)27(21)26)30-35-36-31(44-30)43-16-25(39)34-19-13-23(40-2)28(42-4)24(14-19)41-3/h9-14,26H,5-8,16,33H2,1-4H3,(H,34,39). The minimum absolute atomic E-state index is 0.00338. The Kier molecular flexibility index (Phi) is 9.41. The van der Waals surface area contributed by atoms with Crippen LogP contribution < -0.4 is 30.2 Å². The van der Waals surface area contributed by atoms with Crippen molar-refractivity contribution in [1.29, 1.82) is 5.26 Å². The number of hydrogen-bond donors (Lipinski definition) is 2. The molecule has 3 aromatic rings. The number of nitriles is 1. The van der Waals surface area contributed by atoms with E-state index in [0.717, 1.165) is 17.7 Å². The van der Waals surface area contributed by atoms with Gasteiger partial charge in [0.15, 0.2) is 21.6 Å². The number of carbonyl (C=O) groups excluding carboxylic acids is 2. The van der Waals surface area contributed by atoms with Gasteiger partial charge in [-0.05, 0) is 30.4 Å². The number of benzene rings is 2. The fourth-order valence-electron chi connectivity index (χ4n) is 5.41. The van der Waals surface area contributed by atoms with Crippen LogP contribution in [-0.4, -0.2) is 49.0 Å². The molecule has 2 aliphatic rings. The highest BCUT2D eigenvalue weighted by molar-refractivity contribution is 8.01. The Balaban J connectivity index is 1.37. The van der Waals surface area contributed by atoms with Gasteiger partial charge in [0.05, 0.1) is 44.6 Å². The fourth-order valence-corrected chi connectivity index (χ4v) is 7.09. The van der Waals surface area contributed by atoms with E-state index in [0.29, 0.717) is 62.8 Å². The molecule has 0 bridgehead atoms. The molecule has 2 heterocycles. The number of amides is 1. The summed E-state index contributed by atoms with van der Waals surface area (Å²) in [6, 6.07) is 13.6. The molecule has 44 heavy (non-hydrogen) atoms. The molecular weight excluding hydrogens is 601 g/mol. The van der Waals surface area contributed by atoms with Crippen molar-refractivity contribution in [3.8, 4) is 23.3 Å². The van der Waals surface area contributed by atoms with Gasteiger partial charge >= 0.3 is 0 Å². The van der Waals surface area contributed by atoms with Crippen molar-refractivity contribution in [2.24, 2.45) is 5.73 Å². The van der Waals surface area contributed by atoms with E-state index in [2.05, 4.69) is 28.5 Å². The van der Waals surface area contributed by atoms with E-state index < -0.39 is 5.92 Å². The number of ether oxygens (including phenoxy) is 3. The SMILES string of the molecule is CCc1ccc(C2C(C#N)=C(N)N(c3nnc(SCC(=O)Nc4cc(OC)c(OC)c(OC)c4)s3)C3=C2C(=O)CCC3)cc1. The number of rotatable bonds is 10. The Morgan fingerprint density at radius 3 is 2.45 bits per heavy atom. The zero-order valence-electron chi connectivity index (χ0n) is 24.8. The second-order valence-electron chi connectivity index (χ2n) is 10.0. The van der Waals surface area contributed by atoms with Gasteiger partial charge in [-0.25, -0.2) is 0 Å². The number of aromatic nitrogens is 2. The van der Waals surface area contributed by atoms with E-state index in [-0.39, 0.29) is 23.3 Å². The van der Waals surface area contributed by atoms with Crippen LogP contribution in [0.4, 0.5) is 10.8 Å². The van der Waals surface area contributed by atoms with Crippen molar-refractivity contribution in [2.45, 2.75) is 42.9 Å². The summed E-state index contributed by atoms with van der Waals surface area (Å²) in [5.74, 6) is 0.748. The first-order valence-corrected chi connectivity index (χ1v) is 15.7. The van der Waals surface area contributed by atoms with E-state index in [1.165, 1.54) is 50.0 Å². The van der Waals surface area contributed by atoms with Crippen LogP contribution in [0, 0.1) is 11.3 Å². The lowest BCUT2D eigenvalue weighted by atomic mass is 9.75. The number of carbonyl (C=O) groups is 2. The number of ketones is 1. The Morgan fingerprint density at radius 2 is 1.84 bits per heavy atom. The quantitative estimate of drug-likeness (QED) is 0.285. The van der Waals surface area contributed by atoms with Crippen LogP contribution in [0.1, 0.15) is 43.2 Å². The van der Waals surface area contributed by atoms with Crippen LogP contribution in [0.5, 0.6) is 17.2 Å². The summed E-state index contributed by atoms with van der Waals surface area (Å²) in [6.45, 7) is 2.08. The van der Waals surface area contributed by atoms with Gasteiger partial charge in [0.25, 0.3) is 0 Å². The van der Waals surface area contributed by atoms with Crippen LogP contribution in [-0.2, 0) is 16.0 Å². The summed E-state index contributed by atoms with van der Waals surface area (Å²) in [7, 11) is 4.51. The van der Waals surface area contributed by atoms with Crippen molar-refractivity contribution in [3.63, 3.8) is 0 Å². The van der Waals surface area contributed by atoms with Crippen molar-refractivity contribution in [1.82, 2.24) is 10.2 Å². The number of hydrogen-bond acceptors (Lipinski definition) is 12. The maximum absolute atomic E-state index is 13.4. The second kappa shape index (κ2) is 13.4. The van der Waals surface area contributed by atoms with Gasteiger partial charge in [-0.1, -0.05) is 54.3 Å². The van der Waals surface area contributed by atoms with Gasteiger partial charge in [-0.15, -0.1) is 10.2 Å². The first-order chi connectivity index (χ1) is 21.3. The fraction of sp³-hybridized carbons (Fsp3) is 0.323. The maximum atomic E-state index is 13.4. The molecule has 1 aliphatic carbocycles. The van der Waals surface area contributed by atoms with Crippen LogP contribution in [0.3, 0.4) is 0 Å². The number of aryl methyl sites for hydroxylation is 1.